The van der Waals surface area contributed by atoms with Crippen LogP contribution in [0.25, 0.3) is 0 Å². The number of nitrogens with one attached hydrogen (secondary N) is 1. The van der Waals surface area contributed by atoms with Crippen LogP contribution in [0, 0.1) is 0 Å². The smallest absolute Gasteiger partial charge is 0.163 e. The van der Waals surface area contributed by atoms with Crippen molar-refractivity contribution in [2.24, 2.45) is 0 Å². The van der Waals surface area contributed by atoms with E-state index < -0.39 is 0 Å². The van der Waals surface area contributed by atoms with E-state index in [1.165, 1.54) is 5.69 Å². The molecule has 1 fully saturated rings. The molecule has 0 spiro atoms. The average Bonchev–Trinajstić information content (AvgIpc) is 2.38. The van der Waals surface area contributed by atoms with Gasteiger partial charge in [0.05, 0.1) is 0 Å². The Kier molecular flexibility index (Phi) is 3.04. The minimum Gasteiger partial charge on any atom is -0.486 e. The molecule has 1 saturated heterocycles. The van der Waals surface area contributed by atoms with Crippen molar-refractivity contribution in [3.05, 3.63) is 18.2 Å². The number of fused-ring (bicyclic) bond motifs is 1. The van der Waals surface area contributed by atoms with Gasteiger partial charge in [0, 0.05) is 36.9 Å². The predicted molar refractivity (Wildman–Crippen MR) is 71.7 cm³/mol. The third-order valence-corrected chi connectivity index (χ3v) is 3.65. The molecule has 0 bridgehead atoms. The van der Waals surface area contributed by atoms with E-state index in [4.69, 9.17) is 9.47 Å². The van der Waals surface area contributed by atoms with Crippen LogP contribution in [-0.2, 0) is 0 Å². The molecule has 0 aromatic heterocycles. The number of anilines is 1. The summed E-state index contributed by atoms with van der Waals surface area (Å²) in [6, 6.07) is 7.25. The maximum absolute atomic E-state index is 5.66. The van der Waals surface area contributed by atoms with Crippen molar-refractivity contribution in [1.29, 1.82) is 0 Å². The summed E-state index contributed by atoms with van der Waals surface area (Å²) >= 11 is 0. The highest BCUT2D eigenvalue weighted by Crippen LogP contribution is 2.35. The minimum atomic E-state index is 0.497. The Balaban J connectivity index is 1.91. The fourth-order valence-corrected chi connectivity index (χ4v) is 2.83. The molecule has 4 nitrogen and oxygen atoms in total. The summed E-state index contributed by atoms with van der Waals surface area (Å²) in [4.78, 5) is 2.45. The molecular formula is C14H20N2O2. The third-order valence-electron chi connectivity index (χ3n) is 3.65. The summed E-state index contributed by atoms with van der Waals surface area (Å²) in [5.41, 5.74) is 1.22. The van der Waals surface area contributed by atoms with Crippen molar-refractivity contribution in [2.45, 2.75) is 25.9 Å². The summed E-state index contributed by atoms with van der Waals surface area (Å²) in [7, 11) is 0. The normalized spacial score (nSPS) is 27.1. The molecule has 2 atom stereocenters. The van der Waals surface area contributed by atoms with E-state index in [-0.39, 0.29) is 0 Å². The molecule has 0 radical (unpaired) electrons. The summed E-state index contributed by atoms with van der Waals surface area (Å²) in [5, 5.41) is 3.45. The van der Waals surface area contributed by atoms with Gasteiger partial charge in [-0.1, -0.05) is 0 Å². The molecule has 0 aliphatic carbocycles. The average molecular weight is 248 g/mol. The van der Waals surface area contributed by atoms with Gasteiger partial charge in [0.25, 0.3) is 0 Å². The van der Waals surface area contributed by atoms with E-state index >= 15 is 0 Å². The van der Waals surface area contributed by atoms with E-state index in [1.54, 1.807) is 0 Å². The van der Waals surface area contributed by atoms with Crippen LogP contribution in [-0.4, -0.2) is 38.4 Å². The summed E-state index contributed by atoms with van der Waals surface area (Å²) in [5.74, 6) is 1.73. The van der Waals surface area contributed by atoms with Crippen LogP contribution < -0.4 is 19.7 Å². The lowest BCUT2D eigenvalue weighted by Gasteiger charge is -2.41. The van der Waals surface area contributed by atoms with E-state index in [1.807, 2.05) is 6.07 Å². The van der Waals surface area contributed by atoms with Crippen LogP contribution in [0.2, 0.25) is 0 Å². The fourth-order valence-electron chi connectivity index (χ4n) is 2.83. The van der Waals surface area contributed by atoms with Crippen LogP contribution in [0.4, 0.5) is 5.69 Å². The predicted octanol–water partition coefficient (Wildman–Crippen LogP) is 1.64. The van der Waals surface area contributed by atoms with Crippen molar-refractivity contribution in [3.8, 4) is 11.5 Å². The lowest BCUT2D eigenvalue weighted by molar-refractivity contribution is 0.171. The first-order chi connectivity index (χ1) is 8.75. The first-order valence-corrected chi connectivity index (χ1v) is 6.64. The van der Waals surface area contributed by atoms with E-state index in [0.717, 1.165) is 24.6 Å². The van der Waals surface area contributed by atoms with Crippen molar-refractivity contribution >= 4 is 5.69 Å². The first kappa shape index (κ1) is 11.7. The molecular weight excluding hydrogens is 228 g/mol. The van der Waals surface area contributed by atoms with Gasteiger partial charge in [0.1, 0.15) is 13.2 Å². The lowest BCUT2D eigenvalue weighted by atomic mass is 10.1. The number of benzene rings is 1. The van der Waals surface area contributed by atoms with E-state index in [9.17, 15) is 0 Å². The number of rotatable bonds is 1. The molecule has 1 aromatic carbocycles. The van der Waals surface area contributed by atoms with Crippen molar-refractivity contribution in [1.82, 2.24) is 5.32 Å². The van der Waals surface area contributed by atoms with Gasteiger partial charge in [-0.15, -0.1) is 0 Å². The van der Waals surface area contributed by atoms with Gasteiger partial charge < -0.3 is 19.7 Å². The van der Waals surface area contributed by atoms with Gasteiger partial charge in [-0.2, -0.15) is 0 Å². The SMILES string of the molecule is CC1CNCC(C)N1c1ccc2c(c1)OCCO2. The molecule has 2 aliphatic rings. The van der Waals surface area contributed by atoms with Gasteiger partial charge in [-0.05, 0) is 26.0 Å². The topological polar surface area (TPSA) is 33.7 Å². The lowest BCUT2D eigenvalue weighted by Crippen LogP contribution is -2.55. The second-order valence-corrected chi connectivity index (χ2v) is 5.09. The maximum Gasteiger partial charge on any atom is 0.163 e. The second kappa shape index (κ2) is 4.69. The molecule has 0 saturated carbocycles. The van der Waals surface area contributed by atoms with Crippen molar-refractivity contribution in [3.63, 3.8) is 0 Å². The standard InChI is InChI=1S/C14H20N2O2/c1-10-8-15-9-11(2)16(10)12-3-4-13-14(7-12)18-6-5-17-13/h3-4,7,10-11,15H,5-6,8-9H2,1-2H3. The first-order valence-electron chi connectivity index (χ1n) is 6.64. The summed E-state index contributed by atoms with van der Waals surface area (Å²) in [6.45, 7) is 7.84. The van der Waals surface area contributed by atoms with Crippen molar-refractivity contribution in [2.75, 3.05) is 31.2 Å². The highest BCUT2D eigenvalue weighted by atomic mass is 16.6. The monoisotopic (exact) mass is 248 g/mol. The summed E-state index contributed by atoms with van der Waals surface area (Å²) < 4.78 is 11.2. The zero-order valence-electron chi connectivity index (χ0n) is 11.0. The molecule has 1 N–H and O–H groups in total. The quantitative estimate of drug-likeness (QED) is 0.819. The highest BCUT2D eigenvalue weighted by Gasteiger charge is 2.25. The maximum atomic E-state index is 5.66. The third kappa shape index (κ3) is 2.01. The zero-order chi connectivity index (χ0) is 12.5. The number of ether oxygens (including phenoxy) is 2. The zero-order valence-corrected chi connectivity index (χ0v) is 11.0. The number of nitrogens with zero attached hydrogens (tertiary/aromatic N) is 1. The molecule has 0 amide bonds. The van der Waals surface area contributed by atoms with Crippen LogP contribution in [0.5, 0.6) is 11.5 Å². The van der Waals surface area contributed by atoms with Crippen LogP contribution in [0.15, 0.2) is 18.2 Å². The molecule has 98 valence electrons. The van der Waals surface area contributed by atoms with Gasteiger partial charge >= 0.3 is 0 Å². The number of hydrogen-bond acceptors (Lipinski definition) is 4. The fraction of sp³-hybridized carbons (Fsp3) is 0.571. The second-order valence-electron chi connectivity index (χ2n) is 5.09. The molecule has 2 unspecified atom stereocenters. The Morgan fingerprint density at radius 3 is 2.44 bits per heavy atom. The van der Waals surface area contributed by atoms with Crippen LogP contribution in [0.3, 0.4) is 0 Å². The van der Waals surface area contributed by atoms with E-state index in [0.29, 0.717) is 25.3 Å². The minimum absolute atomic E-state index is 0.497. The Morgan fingerprint density at radius 2 is 1.72 bits per heavy atom. The Hall–Kier alpha value is -1.42. The molecule has 2 aliphatic heterocycles. The Bertz CT molecular complexity index is 426. The van der Waals surface area contributed by atoms with E-state index in [2.05, 4.69) is 36.2 Å². The number of hydrogen-bond donors (Lipinski definition) is 1. The Labute approximate surface area is 108 Å². The molecule has 2 heterocycles. The summed E-state index contributed by atoms with van der Waals surface area (Å²) in [6.07, 6.45) is 0. The molecule has 3 rings (SSSR count). The number of piperazine rings is 1. The molecule has 1 aromatic rings. The Morgan fingerprint density at radius 1 is 1.06 bits per heavy atom. The highest BCUT2D eigenvalue weighted by molar-refractivity contribution is 5.58. The van der Waals surface area contributed by atoms with Crippen LogP contribution >= 0.6 is 0 Å². The molecule has 4 heteroatoms. The molecule has 18 heavy (non-hydrogen) atoms. The van der Waals surface area contributed by atoms with Gasteiger partial charge in [-0.3, -0.25) is 0 Å². The van der Waals surface area contributed by atoms with Gasteiger partial charge in [0.2, 0.25) is 0 Å². The van der Waals surface area contributed by atoms with Gasteiger partial charge in [0.15, 0.2) is 11.5 Å². The van der Waals surface area contributed by atoms with Crippen LogP contribution in [0.1, 0.15) is 13.8 Å². The van der Waals surface area contributed by atoms with Gasteiger partial charge in [-0.25, -0.2) is 0 Å². The largest absolute Gasteiger partial charge is 0.486 e. The van der Waals surface area contributed by atoms with Crippen molar-refractivity contribution < 1.29 is 9.47 Å².